The number of hydrogen-bond acceptors (Lipinski definition) is 6. The van der Waals surface area contributed by atoms with Crippen molar-refractivity contribution in [2.45, 2.75) is 6.92 Å². The number of thiazole rings is 1. The third-order valence-electron chi connectivity index (χ3n) is 2.53. The highest BCUT2D eigenvalue weighted by atomic mass is 32.1. The summed E-state index contributed by atoms with van der Waals surface area (Å²) in [6.07, 6.45) is 1.61. The molecule has 2 aromatic heterocycles. The lowest BCUT2D eigenvalue weighted by molar-refractivity contribution is 0.101. The maximum absolute atomic E-state index is 11.9. The molecule has 7 nitrogen and oxygen atoms in total. The van der Waals surface area contributed by atoms with E-state index in [0.717, 1.165) is 11.3 Å². The monoisotopic (exact) mass is 286 g/mol. The Bertz CT molecular complexity index is 719. The number of rotatable bonds is 3. The summed E-state index contributed by atoms with van der Waals surface area (Å²) in [7, 11) is 0. The fourth-order valence-electron chi connectivity index (χ4n) is 1.53. The zero-order valence-corrected chi connectivity index (χ0v) is 11.3. The summed E-state index contributed by atoms with van der Waals surface area (Å²) in [4.78, 5) is 17.2. The molecule has 100 valence electrons. The number of tetrazole rings is 1. The van der Waals surface area contributed by atoms with E-state index in [9.17, 15) is 4.79 Å². The first-order valence-electron chi connectivity index (χ1n) is 5.80. The minimum atomic E-state index is -0.432. The lowest BCUT2D eigenvalue weighted by atomic mass is 10.2. The Balaban J connectivity index is 1.79. The first-order chi connectivity index (χ1) is 9.72. The van der Waals surface area contributed by atoms with Gasteiger partial charge in [0, 0.05) is 11.6 Å². The van der Waals surface area contributed by atoms with Gasteiger partial charge in [0.1, 0.15) is 0 Å². The number of anilines is 1. The van der Waals surface area contributed by atoms with E-state index in [4.69, 9.17) is 0 Å². The number of amides is 1. The third kappa shape index (κ3) is 2.54. The Morgan fingerprint density at radius 2 is 2.10 bits per heavy atom. The van der Waals surface area contributed by atoms with E-state index in [2.05, 4.69) is 25.7 Å². The van der Waals surface area contributed by atoms with Crippen LogP contribution < -0.4 is 5.32 Å². The molecule has 0 atom stereocenters. The first-order valence-corrected chi connectivity index (χ1v) is 6.68. The Hall–Kier alpha value is -2.61. The van der Waals surface area contributed by atoms with Gasteiger partial charge in [0.25, 0.3) is 11.7 Å². The summed E-state index contributed by atoms with van der Waals surface area (Å²) in [6, 6.07) is 7.60. The van der Waals surface area contributed by atoms with Crippen molar-refractivity contribution in [2.24, 2.45) is 0 Å². The molecule has 0 fully saturated rings. The average Bonchev–Trinajstić information content (AvgIpc) is 3.10. The molecule has 0 unspecified atom stereocenters. The summed E-state index contributed by atoms with van der Waals surface area (Å²) in [6.45, 7) is 1.99. The number of nitrogens with one attached hydrogen (secondary N) is 1. The molecular formula is C12H10N6OS. The fourth-order valence-corrected chi connectivity index (χ4v) is 2.05. The molecule has 1 aromatic carbocycles. The molecule has 0 bridgehead atoms. The summed E-state index contributed by atoms with van der Waals surface area (Å²) in [5.74, 6) is -0.431. The van der Waals surface area contributed by atoms with Gasteiger partial charge in [-0.3, -0.25) is 10.1 Å². The second-order valence-corrected chi connectivity index (χ2v) is 4.92. The number of aryl methyl sites for hydroxylation is 1. The minimum absolute atomic E-state index is 0.000718. The van der Waals surface area contributed by atoms with Gasteiger partial charge in [-0.1, -0.05) is 17.7 Å². The van der Waals surface area contributed by atoms with Crippen LogP contribution in [0.4, 0.5) is 5.13 Å². The molecule has 0 radical (unpaired) electrons. The van der Waals surface area contributed by atoms with Crippen molar-refractivity contribution in [1.82, 2.24) is 25.2 Å². The van der Waals surface area contributed by atoms with E-state index < -0.39 is 5.91 Å². The van der Waals surface area contributed by atoms with Gasteiger partial charge in [-0.25, -0.2) is 4.98 Å². The van der Waals surface area contributed by atoms with E-state index in [1.54, 1.807) is 11.6 Å². The molecule has 2 heterocycles. The number of aromatic nitrogens is 5. The van der Waals surface area contributed by atoms with Crippen LogP contribution in [-0.2, 0) is 0 Å². The lowest BCUT2D eigenvalue weighted by Gasteiger charge is -1.98. The third-order valence-corrected chi connectivity index (χ3v) is 3.22. The standard InChI is InChI=1S/C12H10N6OS/c1-8-2-4-9(5-3-8)18-16-10(15-17-18)11(19)14-12-13-6-7-20-12/h2-7H,1H3,(H,13,14,19). The quantitative estimate of drug-likeness (QED) is 0.791. The molecule has 0 aliphatic carbocycles. The second-order valence-electron chi connectivity index (χ2n) is 4.03. The SMILES string of the molecule is Cc1ccc(-n2nnc(C(=O)Nc3nccs3)n2)cc1. The van der Waals surface area contributed by atoms with E-state index in [0.29, 0.717) is 5.13 Å². The van der Waals surface area contributed by atoms with Crippen LogP contribution in [0.5, 0.6) is 0 Å². The summed E-state index contributed by atoms with van der Waals surface area (Å²) < 4.78 is 0. The zero-order chi connectivity index (χ0) is 13.9. The highest BCUT2D eigenvalue weighted by Gasteiger charge is 2.14. The van der Waals surface area contributed by atoms with Crippen molar-refractivity contribution in [3.05, 3.63) is 47.2 Å². The molecule has 20 heavy (non-hydrogen) atoms. The Labute approximate surface area is 118 Å². The molecule has 8 heteroatoms. The molecule has 3 aromatic rings. The Kier molecular flexibility index (Phi) is 3.21. The lowest BCUT2D eigenvalue weighted by Crippen LogP contribution is -2.14. The van der Waals surface area contributed by atoms with Crippen molar-refractivity contribution in [3.8, 4) is 5.69 Å². The van der Waals surface area contributed by atoms with Crippen molar-refractivity contribution in [1.29, 1.82) is 0 Å². The van der Waals surface area contributed by atoms with E-state index in [1.807, 2.05) is 31.2 Å². The smallest absolute Gasteiger partial charge is 0.295 e. The van der Waals surface area contributed by atoms with Crippen LogP contribution in [-0.4, -0.2) is 31.1 Å². The number of nitrogens with zero attached hydrogens (tertiary/aromatic N) is 5. The topological polar surface area (TPSA) is 85.6 Å². The van der Waals surface area contributed by atoms with Crippen molar-refractivity contribution < 1.29 is 4.79 Å². The molecule has 0 aliphatic rings. The molecule has 0 aliphatic heterocycles. The summed E-state index contributed by atoms with van der Waals surface area (Å²) in [5, 5.41) is 16.5. The Morgan fingerprint density at radius 3 is 2.80 bits per heavy atom. The Morgan fingerprint density at radius 1 is 1.30 bits per heavy atom. The van der Waals surface area contributed by atoms with Crippen molar-refractivity contribution >= 4 is 22.4 Å². The molecule has 0 saturated carbocycles. The van der Waals surface area contributed by atoms with E-state index in [-0.39, 0.29) is 5.82 Å². The van der Waals surface area contributed by atoms with Crippen LogP contribution in [0.15, 0.2) is 35.8 Å². The first kappa shape index (κ1) is 12.4. The average molecular weight is 286 g/mol. The molecule has 1 N–H and O–H groups in total. The maximum atomic E-state index is 11.9. The number of carbonyl (C=O) groups excluding carboxylic acids is 1. The van der Waals surface area contributed by atoms with Crippen LogP contribution in [0.3, 0.4) is 0 Å². The molecular weight excluding hydrogens is 276 g/mol. The van der Waals surface area contributed by atoms with Crippen LogP contribution in [0.1, 0.15) is 16.2 Å². The highest BCUT2D eigenvalue weighted by molar-refractivity contribution is 7.13. The van der Waals surface area contributed by atoms with Crippen molar-refractivity contribution in [2.75, 3.05) is 5.32 Å². The highest BCUT2D eigenvalue weighted by Crippen LogP contribution is 2.11. The molecule has 3 rings (SSSR count). The summed E-state index contributed by atoms with van der Waals surface area (Å²) in [5.41, 5.74) is 1.88. The van der Waals surface area contributed by atoms with Gasteiger partial charge in [0.05, 0.1) is 5.69 Å². The predicted octanol–water partition coefficient (Wildman–Crippen LogP) is 1.68. The minimum Gasteiger partial charge on any atom is -0.295 e. The maximum Gasteiger partial charge on any atom is 0.299 e. The van der Waals surface area contributed by atoms with Gasteiger partial charge < -0.3 is 0 Å². The summed E-state index contributed by atoms with van der Waals surface area (Å²) >= 11 is 1.32. The predicted molar refractivity (Wildman–Crippen MR) is 74.0 cm³/mol. The van der Waals surface area contributed by atoms with Gasteiger partial charge in [-0.2, -0.15) is 0 Å². The van der Waals surface area contributed by atoms with Gasteiger partial charge in [0.15, 0.2) is 5.13 Å². The van der Waals surface area contributed by atoms with Gasteiger partial charge in [-0.15, -0.1) is 26.3 Å². The number of benzene rings is 1. The van der Waals surface area contributed by atoms with Crippen molar-refractivity contribution in [3.63, 3.8) is 0 Å². The fraction of sp³-hybridized carbons (Fsp3) is 0.0833. The van der Waals surface area contributed by atoms with Crippen LogP contribution in [0.25, 0.3) is 5.69 Å². The van der Waals surface area contributed by atoms with Gasteiger partial charge in [0.2, 0.25) is 0 Å². The van der Waals surface area contributed by atoms with Crippen LogP contribution in [0, 0.1) is 6.92 Å². The van der Waals surface area contributed by atoms with E-state index >= 15 is 0 Å². The number of hydrogen-bond donors (Lipinski definition) is 1. The van der Waals surface area contributed by atoms with Gasteiger partial charge >= 0.3 is 0 Å². The van der Waals surface area contributed by atoms with E-state index in [1.165, 1.54) is 16.1 Å². The van der Waals surface area contributed by atoms with Crippen LogP contribution in [0.2, 0.25) is 0 Å². The zero-order valence-electron chi connectivity index (χ0n) is 10.5. The normalized spacial score (nSPS) is 10.4. The largest absolute Gasteiger partial charge is 0.299 e. The number of carbonyl (C=O) groups is 1. The molecule has 0 spiro atoms. The van der Waals surface area contributed by atoms with Crippen LogP contribution >= 0.6 is 11.3 Å². The molecule has 1 amide bonds. The van der Waals surface area contributed by atoms with Gasteiger partial charge in [-0.05, 0) is 24.3 Å². The molecule has 0 saturated heterocycles. The second kappa shape index (κ2) is 5.17.